The number of carboxylic acid groups (broad SMARTS) is 1. The van der Waals surface area contributed by atoms with Gasteiger partial charge >= 0.3 is 5.97 Å². The van der Waals surface area contributed by atoms with Gasteiger partial charge in [0, 0.05) is 0 Å². The van der Waals surface area contributed by atoms with Crippen LogP contribution in [-0.2, 0) is 9.53 Å². The van der Waals surface area contributed by atoms with Crippen molar-refractivity contribution in [2.45, 2.75) is 45.8 Å². The summed E-state index contributed by atoms with van der Waals surface area (Å²) in [5.41, 5.74) is 4.24. The number of carboxylic acids is 1. The minimum atomic E-state index is -0.818. The van der Waals surface area contributed by atoms with Crippen LogP contribution in [0, 0.1) is 0 Å². The molecule has 80 valence electrons. The molecule has 4 nitrogen and oxygen atoms in total. The maximum absolute atomic E-state index is 10.2. The monoisotopic (exact) mass is 191 g/mol. The van der Waals surface area contributed by atoms with Crippen LogP contribution < -0.4 is 5.73 Å². The Hall–Kier alpha value is -0.610. The highest BCUT2D eigenvalue weighted by Gasteiger charge is 2.16. The number of rotatable bonds is 3. The zero-order valence-electron chi connectivity index (χ0n) is 9.13. The second-order valence-electron chi connectivity index (χ2n) is 3.64. The first-order valence-corrected chi connectivity index (χ1v) is 4.28. The van der Waals surface area contributed by atoms with Gasteiger partial charge in [-0.05, 0) is 34.7 Å². The topological polar surface area (TPSA) is 72.5 Å². The van der Waals surface area contributed by atoms with Crippen molar-refractivity contribution in [2.24, 2.45) is 5.73 Å². The van der Waals surface area contributed by atoms with Crippen molar-refractivity contribution in [1.82, 2.24) is 0 Å². The quantitative estimate of drug-likeness (QED) is 0.704. The first-order chi connectivity index (χ1) is 5.81. The van der Waals surface area contributed by atoms with E-state index in [1.165, 1.54) is 7.05 Å². The van der Waals surface area contributed by atoms with E-state index in [1.54, 1.807) is 6.92 Å². The maximum atomic E-state index is 10.2. The summed E-state index contributed by atoms with van der Waals surface area (Å²) >= 11 is 0. The van der Waals surface area contributed by atoms with Crippen molar-refractivity contribution in [3.8, 4) is 0 Å². The molecule has 0 rings (SSSR count). The van der Waals surface area contributed by atoms with E-state index in [2.05, 4.69) is 5.73 Å². The van der Waals surface area contributed by atoms with Gasteiger partial charge in [-0.15, -0.1) is 0 Å². The van der Waals surface area contributed by atoms with E-state index in [4.69, 9.17) is 9.84 Å². The van der Waals surface area contributed by atoms with Gasteiger partial charge in [0.1, 0.15) is 0 Å². The largest absolute Gasteiger partial charge is 0.481 e. The number of nitrogens with two attached hydrogens (primary N) is 1. The molecule has 1 atom stereocenters. The minimum absolute atomic E-state index is 0.0667. The third kappa shape index (κ3) is 14.3. The Kier molecular flexibility index (Phi) is 7.85. The highest BCUT2D eigenvalue weighted by molar-refractivity contribution is 5.67. The lowest BCUT2D eigenvalue weighted by atomic mass is 10.1. The molecule has 0 radical (unpaired) electrons. The Morgan fingerprint density at radius 1 is 1.46 bits per heavy atom. The molecular formula is C9H21NO3. The van der Waals surface area contributed by atoms with Crippen LogP contribution in [0.2, 0.25) is 0 Å². The van der Waals surface area contributed by atoms with Crippen LogP contribution in [0.1, 0.15) is 34.1 Å². The molecule has 4 heteroatoms. The van der Waals surface area contributed by atoms with Gasteiger partial charge < -0.3 is 15.6 Å². The van der Waals surface area contributed by atoms with Gasteiger partial charge in [0.25, 0.3) is 0 Å². The third-order valence-electron chi connectivity index (χ3n) is 1.02. The van der Waals surface area contributed by atoms with Gasteiger partial charge in [0.2, 0.25) is 0 Å². The number of hydrogen-bond acceptors (Lipinski definition) is 3. The minimum Gasteiger partial charge on any atom is -0.481 e. The van der Waals surface area contributed by atoms with Gasteiger partial charge in [-0.1, -0.05) is 0 Å². The SMILES string of the molecule is CC(CC(=O)O)OC(C)(C)C.CN. The summed E-state index contributed by atoms with van der Waals surface area (Å²) in [5.74, 6) is -0.818. The normalized spacial score (nSPS) is 12.8. The van der Waals surface area contributed by atoms with Crippen LogP contribution >= 0.6 is 0 Å². The molecular weight excluding hydrogens is 170 g/mol. The predicted octanol–water partition coefficient (Wildman–Crippen LogP) is 1.24. The van der Waals surface area contributed by atoms with E-state index in [-0.39, 0.29) is 18.1 Å². The molecule has 0 saturated carbocycles. The van der Waals surface area contributed by atoms with Crippen LogP contribution in [0.3, 0.4) is 0 Å². The van der Waals surface area contributed by atoms with Crippen LogP contribution in [0.25, 0.3) is 0 Å². The van der Waals surface area contributed by atoms with Crippen molar-refractivity contribution in [3.05, 3.63) is 0 Å². The highest BCUT2D eigenvalue weighted by atomic mass is 16.5. The number of aliphatic carboxylic acids is 1. The Morgan fingerprint density at radius 2 is 1.85 bits per heavy atom. The summed E-state index contributed by atoms with van der Waals surface area (Å²) in [6.45, 7) is 7.49. The van der Waals surface area contributed by atoms with Crippen molar-refractivity contribution in [1.29, 1.82) is 0 Å². The van der Waals surface area contributed by atoms with Gasteiger partial charge in [-0.2, -0.15) is 0 Å². The highest BCUT2D eigenvalue weighted by Crippen LogP contribution is 2.12. The standard InChI is InChI=1S/C8H16O3.CH5N/c1-6(5-7(9)10)11-8(2,3)4;1-2/h6H,5H2,1-4H3,(H,9,10);2H2,1H3. The lowest BCUT2D eigenvalue weighted by Gasteiger charge is -2.23. The Bertz CT molecular complexity index is 140. The van der Waals surface area contributed by atoms with Gasteiger partial charge in [-0.25, -0.2) is 0 Å². The van der Waals surface area contributed by atoms with Gasteiger partial charge in [0.05, 0.1) is 18.1 Å². The second-order valence-corrected chi connectivity index (χ2v) is 3.64. The van der Waals surface area contributed by atoms with Crippen molar-refractivity contribution >= 4 is 5.97 Å². The van der Waals surface area contributed by atoms with Crippen molar-refractivity contribution in [3.63, 3.8) is 0 Å². The molecule has 0 aliphatic rings. The van der Waals surface area contributed by atoms with E-state index in [1.807, 2.05) is 20.8 Å². The molecule has 0 aromatic carbocycles. The Labute approximate surface area is 80.1 Å². The Morgan fingerprint density at radius 3 is 2.08 bits per heavy atom. The maximum Gasteiger partial charge on any atom is 0.305 e. The van der Waals surface area contributed by atoms with Crippen LogP contribution in [0.4, 0.5) is 0 Å². The number of carbonyl (C=O) groups is 1. The molecule has 0 spiro atoms. The fourth-order valence-corrected chi connectivity index (χ4v) is 0.891. The van der Waals surface area contributed by atoms with E-state index < -0.39 is 5.97 Å². The number of hydrogen-bond donors (Lipinski definition) is 2. The summed E-state index contributed by atoms with van der Waals surface area (Å²) in [5, 5.41) is 8.40. The van der Waals surface area contributed by atoms with Crippen LogP contribution in [0.15, 0.2) is 0 Å². The molecule has 0 aliphatic carbocycles. The fourth-order valence-electron chi connectivity index (χ4n) is 0.891. The summed E-state index contributed by atoms with van der Waals surface area (Å²) < 4.78 is 5.37. The summed E-state index contributed by atoms with van der Waals surface area (Å²) in [6.07, 6.45) is -0.149. The van der Waals surface area contributed by atoms with Crippen molar-refractivity contribution in [2.75, 3.05) is 7.05 Å². The van der Waals surface area contributed by atoms with Crippen LogP contribution in [0.5, 0.6) is 0 Å². The molecule has 0 fully saturated rings. The zero-order valence-corrected chi connectivity index (χ0v) is 9.13. The molecule has 3 N–H and O–H groups in total. The van der Waals surface area contributed by atoms with Gasteiger partial charge in [-0.3, -0.25) is 4.79 Å². The summed E-state index contributed by atoms with van der Waals surface area (Å²) in [4.78, 5) is 10.2. The van der Waals surface area contributed by atoms with E-state index >= 15 is 0 Å². The third-order valence-corrected chi connectivity index (χ3v) is 1.02. The first-order valence-electron chi connectivity index (χ1n) is 4.28. The van der Waals surface area contributed by atoms with Crippen molar-refractivity contribution < 1.29 is 14.6 Å². The fraction of sp³-hybridized carbons (Fsp3) is 0.889. The molecule has 0 bridgehead atoms. The van der Waals surface area contributed by atoms with E-state index in [0.717, 1.165) is 0 Å². The molecule has 0 aromatic rings. The number of ether oxygens (including phenoxy) is 1. The molecule has 0 amide bonds. The smallest absolute Gasteiger partial charge is 0.305 e. The molecule has 0 aliphatic heterocycles. The summed E-state index contributed by atoms with van der Waals surface area (Å²) in [7, 11) is 1.50. The van der Waals surface area contributed by atoms with Gasteiger partial charge in [0.15, 0.2) is 0 Å². The molecule has 0 heterocycles. The average molecular weight is 191 g/mol. The van der Waals surface area contributed by atoms with Crippen LogP contribution in [-0.4, -0.2) is 29.8 Å². The molecule has 1 unspecified atom stereocenters. The summed E-state index contributed by atoms with van der Waals surface area (Å²) in [6, 6.07) is 0. The second kappa shape index (κ2) is 6.86. The zero-order chi connectivity index (χ0) is 11.1. The average Bonchev–Trinajstić information content (AvgIpc) is 1.85. The van der Waals surface area contributed by atoms with E-state index in [9.17, 15) is 4.79 Å². The predicted molar refractivity (Wildman–Crippen MR) is 52.7 cm³/mol. The van der Waals surface area contributed by atoms with E-state index in [0.29, 0.717) is 0 Å². The molecule has 0 aromatic heterocycles. The first kappa shape index (κ1) is 14.9. The lowest BCUT2D eigenvalue weighted by molar-refractivity contribution is -0.142. The Balaban J connectivity index is 0. The molecule has 0 saturated heterocycles. The molecule has 13 heavy (non-hydrogen) atoms. The lowest BCUT2D eigenvalue weighted by Crippen LogP contribution is -2.27.